The number of carbonyl (C=O) groups excluding carboxylic acids is 2. The number of fused-ring (bicyclic) bond motifs is 1. The minimum Gasteiger partial charge on any atom is -0.354 e. The second-order valence-corrected chi connectivity index (χ2v) is 5.08. The average Bonchev–Trinajstić information content (AvgIpc) is 2.40. The fourth-order valence-corrected chi connectivity index (χ4v) is 2.64. The Kier molecular flexibility index (Phi) is 3.21. The van der Waals surface area contributed by atoms with Crippen molar-refractivity contribution in [2.75, 3.05) is 19.6 Å². The molecular weight excluding hydrogens is 242 g/mol. The number of benzene rings is 1. The van der Waals surface area contributed by atoms with E-state index in [0.717, 1.165) is 6.42 Å². The second kappa shape index (κ2) is 5.01. The molecule has 0 radical (unpaired) electrons. The van der Waals surface area contributed by atoms with Crippen LogP contribution in [0.2, 0.25) is 0 Å². The molecule has 1 aliphatic heterocycles. The van der Waals surface area contributed by atoms with Crippen LogP contribution in [0.4, 0.5) is 0 Å². The van der Waals surface area contributed by atoms with Gasteiger partial charge < -0.3 is 10.6 Å². The molecule has 5 nitrogen and oxygen atoms in total. The molecular formula is C14H17N3O2. The Morgan fingerprint density at radius 1 is 1.37 bits per heavy atom. The SMILES string of the molecule is O=C1CNC(C(=O)NCC2Cc3ccccc32)CN1. The minimum absolute atomic E-state index is 0.0376. The lowest BCUT2D eigenvalue weighted by Gasteiger charge is -2.31. The van der Waals surface area contributed by atoms with Crippen molar-refractivity contribution in [1.29, 1.82) is 0 Å². The summed E-state index contributed by atoms with van der Waals surface area (Å²) in [4.78, 5) is 22.9. The van der Waals surface area contributed by atoms with Crippen molar-refractivity contribution >= 4 is 11.8 Å². The molecule has 5 heteroatoms. The first-order valence-corrected chi connectivity index (χ1v) is 6.59. The van der Waals surface area contributed by atoms with E-state index in [1.165, 1.54) is 11.1 Å². The summed E-state index contributed by atoms with van der Waals surface area (Å²) in [5.41, 5.74) is 2.72. The highest BCUT2D eigenvalue weighted by Gasteiger charge is 2.28. The molecule has 1 aromatic carbocycles. The molecule has 1 fully saturated rings. The summed E-state index contributed by atoms with van der Waals surface area (Å²) >= 11 is 0. The number of rotatable bonds is 3. The van der Waals surface area contributed by atoms with E-state index >= 15 is 0 Å². The van der Waals surface area contributed by atoms with Gasteiger partial charge in [-0.15, -0.1) is 0 Å². The molecule has 0 bridgehead atoms. The third-order valence-corrected chi connectivity index (χ3v) is 3.81. The van der Waals surface area contributed by atoms with E-state index in [1.54, 1.807) is 0 Å². The topological polar surface area (TPSA) is 70.2 Å². The molecule has 2 atom stereocenters. The van der Waals surface area contributed by atoms with Crippen LogP contribution in [-0.2, 0) is 16.0 Å². The number of nitrogens with one attached hydrogen (secondary N) is 3. The van der Waals surface area contributed by atoms with E-state index in [-0.39, 0.29) is 24.4 Å². The molecule has 0 saturated carbocycles. The van der Waals surface area contributed by atoms with Gasteiger partial charge in [-0.05, 0) is 17.5 Å². The van der Waals surface area contributed by atoms with Gasteiger partial charge in [0.2, 0.25) is 11.8 Å². The fourth-order valence-electron chi connectivity index (χ4n) is 2.64. The van der Waals surface area contributed by atoms with Crippen LogP contribution >= 0.6 is 0 Å². The van der Waals surface area contributed by atoms with Crippen LogP contribution in [-0.4, -0.2) is 37.5 Å². The van der Waals surface area contributed by atoms with Gasteiger partial charge in [0.25, 0.3) is 0 Å². The molecule has 1 aliphatic carbocycles. The zero-order valence-electron chi connectivity index (χ0n) is 10.6. The van der Waals surface area contributed by atoms with Gasteiger partial charge in [0, 0.05) is 19.0 Å². The first-order valence-electron chi connectivity index (χ1n) is 6.59. The summed E-state index contributed by atoms with van der Waals surface area (Å²) in [6, 6.07) is 8.02. The van der Waals surface area contributed by atoms with Crippen molar-refractivity contribution in [3.63, 3.8) is 0 Å². The van der Waals surface area contributed by atoms with Crippen LogP contribution in [0, 0.1) is 0 Å². The Balaban J connectivity index is 1.48. The van der Waals surface area contributed by atoms with Crippen LogP contribution < -0.4 is 16.0 Å². The van der Waals surface area contributed by atoms with Crippen molar-refractivity contribution in [3.05, 3.63) is 35.4 Å². The standard InChI is InChI=1S/C14H17N3O2/c18-13-8-15-12(7-16-13)14(19)17-6-10-5-9-3-1-2-4-11(9)10/h1-4,10,12,15H,5-8H2,(H,16,18)(H,17,19). The number of carbonyl (C=O) groups is 2. The van der Waals surface area contributed by atoms with Crippen molar-refractivity contribution in [3.8, 4) is 0 Å². The monoisotopic (exact) mass is 259 g/mol. The molecule has 100 valence electrons. The normalized spacial score (nSPS) is 24.9. The van der Waals surface area contributed by atoms with Gasteiger partial charge in [-0.3, -0.25) is 14.9 Å². The van der Waals surface area contributed by atoms with E-state index in [0.29, 0.717) is 19.0 Å². The zero-order valence-corrected chi connectivity index (χ0v) is 10.6. The number of amides is 2. The van der Waals surface area contributed by atoms with Crippen molar-refractivity contribution in [2.45, 2.75) is 18.4 Å². The molecule has 3 N–H and O–H groups in total. The van der Waals surface area contributed by atoms with E-state index in [4.69, 9.17) is 0 Å². The predicted octanol–water partition coefficient (Wildman–Crippen LogP) is -0.469. The Bertz CT molecular complexity index is 505. The molecule has 19 heavy (non-hydrogen) atoms. The van der Waals surface area contributed by atoms with Gasteiger partial charge >= 0.3 is 0 Å². The lowest BCUT2D eigenvalue weighted by Crippen LogP contribution is -2.58. The van der Waals surface area contributed by atoms with E-state index < -0.39 is 0 Å². The third kappa shape index (κ3) is 2.46. The summed E-state index contributed by atoms with van der Waals surface area (Å²) in [6.07, 6.45) is 1.03. The third-order valence-electron chi connectivity index (χ3n) is 3.81. The number of hydrogen-bond acceptors (Lipinski definition) is 3. The van der Waals surface area contributed by atoms with Crippen molar-refractivity contribution < 1.29 is 9.59 Å². The lowest BCUT2D eigenvalue weighted by atomic mass is 9.77. The molecule has 1 saturated heterocycles. The van der Waals surface area contributed by atoms with Crippen LogP contribution in [0.15, 0.2) is 24.3 Å². The summed E-state index contributed by atoms with van der Waals surface area (Å²) in [7, 11) is 0. The van der Waals surface area contributed by atoms with Gasteiger partial charge in [-0.1, -0.05) is 24.3 Å². The van der Waals surface area contributed by atoms with Gasteiger partial charge in [-0.25, -0.2) is 0 Å². The number of piperazine rings is 1. The number of hydrogen-bond donors (Lipinski definition) is 3. The summed E-state index contributed by atoms with van der Waals surface area (Å²) in [6.45, 7) is 1.25. The van der Waals surface area contributed by atoms with E-state index in [1.807, 2.05) is 12.1 Å². The summed E-state index contributed by atoms with van der Waals surface area (Å²) < 4.78 is 0. The van der Waals surface area contributed by atoms with Crippen LogP contribution in [0.5, 0.6) is 0 Å². The van der Waals surface area contributed by atoms with Crippen molar-refractivity contribution in [1.82, 2.24) is 16.0 Å². The Hall–Kier alpha value is -1.88. The van der Waals surface area contributed by atoms with Crippen LogP contribution in [0.25, 0.3) is 0 Å². The Labute approximate surface area is 111 Å². The van der Waals surface area contributed by atoms with Gasteiger partial charge in [-0.2, -0.15) is 0 Å². The highest BCUT2D eigenvalue weighted by atomic mass is 16.2. The first-order chi connectivity index (χ1) is 9.24. The molecule has 0 aromatic heterocycles. The van der Waals surface area contributed by atoms with Crippen LogP contribution in [0.1, 0.15) is 17.0 Å². The highest BCUT2D eigenvalue weighted by Crippen LogP contribution is 2.33. The van der Waals surface area contributed by atoms with Crippen LogP contribution in [0.3, 0.4) is 0 Å². The Morgan fingerprint density at radius 3 is 2.95 bits per heavy atom. The molecule has 2 aliphatic rings. The highest BCUT2D eigenvalue weighted by molar-refractivity contribution is 5.86. The maximum Gasteiger partial charge on any atom is 0.238 e. The second-order valence-electron chi connectivity index (χ2n) is 5.08. The maximum atomic E-state index is 11.9. The molecule has 1 heterocycles. The zero-order chi connectivity index (χ0) is 13.2. The summed E-state index contributed by atoms with van der Waals surface area (Å²) in [5, 5.41) is 8.56. The van der Waals surface area contributed by atoms with Gasteiger partial charge in [0.15, 0.2) is 0 Å². The van der Waals surface area contributed by atoms with Crippen molar-refractivity contribution in [2.24, 2.45) is 0 Å². The molecule has 0 spiro atoms. The molecule has 1 aromatic rings. The van der Waals surface area contributed by atoms with E-state index in [9.17, 15) is 9.59 Å². The molecule has 2 amide bonds. The molecule has 3 rings (SSSR count). The fraction of sp³-hybridized carbons (Fsp3) is 0.429. The predicted molar refractivity (Wildman–Crippen MR) is 70.7 cm³/mol. The smallest absolute Gasteiger partial charge is 0.238 e. The molecule has 2 unspecified atom stereocenters. The average molecular weight is 259 g/mol. The quantitative estimate of drug-likeness (QED) is 0.687. The van der Waals surface area contributed by atoms with Gasteiger partial charge in [0.1, 0.15) is 6.04 Å². The largest absolute Gasteiger partial charge is 0.354 e. The minimum atomic E-state index is -0.312. The maximum absolute atomic E-state index is 11.9. The first kappa shape index (κ1) is 12.2. The lowest BCUT2D eigenvalue weighted by molar-refractivity contribution is -0.126. The Morgan fingerprint density at radius 2 is 2.21 bits per heavy atom. The summed E-state index contributed by atoms with van der Waals surface area (Å²) in [5.74, 6) is 0.333. The van der Waals surface area contributed by atoms with E-state index in [2.05, 4.69) is 28.1 Å². The van der Waals surface area contributed by atoms with Gasteiger partial charge in [0.05, 0.1) is 6.54 Å².